The van der Waals surface area contributed by atoms with Gasteiger partial charge in [-0.1, -0.05) is 42.5 Å². The zero-order valence-electron chi connectivity index (χ0n) is 16.7. The van der Waals surface area contributed by atoms with Crippen molar-refractivity contribution in [2.45, 2.75) is 12.1 Å². The number of amides is 4. The van der Waals surface area contributed by atoms with E-state index in [0.717, 1.165) is 11.1 Å². The summed E-state index contributed by atoms with van der Waals surface area (Å²) in [5.74, 6) is -1.84. The first-order chi connectivity index (χ1) is 15.4. The minimum Gasteiger partial charge on any atom is -0.331 e. The van der Waals surface area contributed by atoms with Gasteiger partial charge in [0.05, 0.1) is 6.54 Å². The lowest BCUT2D eigenvalue weighted by atomic mass is 9.88. The molecule has 1 saturated heterocycles. The van der Waals surface area contributed by atoms with Crippen LogP contribution in [0.1, 0.15) is 21.5 Å². The third-order valence-corrected chi connectivity index (χ3v) is 5.88. The third-order valence-electron chi connectivity index (χ3n) is 5.88. The number of imide groups is 1. The average Bonchev–Trinajstić information content (AvgIpc) is 3.24. The molecule has 3 aromatic carbocycles. The molecule has 1 fully saturated rings. The minimum absolute atomic E-state index is 0.115. The van der Waals surface area contributed by atoms with E-state index in [9.17, 15) is 23.2 Å². The Balaban J connectivity index is 1.48. The fourth-order valence-electron chi connectivity index (χ4n) is 4.23. The fourth-order valence-corrected chi connectivity index (χ4v) is 4.23. The summed E-state index contributed by atoms with van der Waals surface area (Å²) in [6, 6.07) is 16.2. The van der Waals surface area contributed by atoms with E-state index in [1.54, 1.807) is 42.5 Å². The molecule has 3 aromatic rings. The van der Waals surface area contributed by atoms with Gasteiger partial charge in [-0.3, -0.25) is 14.9 Å². The molecule has 0 aromatic heterocycles. The summed E-state index contributed by atoms with van der Waals surface area (Å²) in [4.78, 5) is 39.2. The number of nitrogens with one attached hydrogen (secondary N) is 2. The Labute approximate surface area is 181 Å². The van der Waals surface area contributed by atoms with E-state index in [1.807, 2.05) is 0 Å². The minimum atomic E-state index is -1.49. The molecule has 0 aliphatic carbocycles. The van der Waals surface area contributed by atoms with Crippen LogP contribution >= 0.6 is 0 Å². The zero-order valence-corrected chi connectivity index (χ0v) is 16.7. The SMILES string of the molecule is O=C1NC(=O)[C@](CN2Cc3ccc(F)cc3C2=O)(c2ccc(-c3ccc(F)cc3)cc2)N1. The number of fused-ring (bicyclic) bond motifs is 1. The first kappa shape index (κ1) is 19.9. The lowest BCUT2D eigenvalue weighted by molar-refractivity contribution is -0.124. The van der Waals surface area contributed by atoms with Crippen LogP contribution in [0.15, 0.2) is 66.7 Å². The zero-order chi connectivity index (χ0) is 22.5. The van der Waals surface area contributed by atoms with Gasteiger partial charge in [0.2, 0.25) is 0 Å². The lowest BCUT2D eigenvalue weighted by Crippen LogP contribution is -2.52. The maximum Gasteiger partial charge on any atom is 0.322 e. The molecule has 32 heavy (non-hydrogen) atoms. The first-order valence-electron chi connectivity index (χ1n) is 9.93. The number of carbonyl (C=O) groups excluding carboxylic acids is 3. The number of rotatable bonds is 4. The lowest BCUT2D eigenvalue weighted by Gasteiger charge is -2.31. The van der Waals surface area contributed by atoms with Crippen molar-refractivity contribution in [3.05, 3.63) is 95.1 Å². The first-order valence-corrected chi connectivity index (χ1v) is 9.93. The Kier molecular flexibility index (Phi) is 4.51. The second kappa shape index (κ2) is 7.26. The fraction of sp³-hybridized carbons (Fsp3) is 0.125. The quantitative estimate of drug-likeness (QED) is 0.620. The molecule has 0 spiro atoms. The van der Waals surface area contributed by atoms with Crippen molar-refractivity contribution < 1.29 is 23.2 Å². The van der Waals surface area contributed by atoms with Crippen LogP contribution in [0.2, 0.25) is 0 Å². The number of urea groups is 1. The van der Waals surface area contributed by atoms with Crippen LogP contribution in [0.4, 0.5) is 13.6 Å². The smallest absolute Gasteiger partial charge is 0.322 e. The molecule has 0 unspecified atom stereocenters. The molecule has 4 amide bonds. The van der Waals surface area contributed by atoms with Gasteiger partial charge in [0.25, 0.3) is 11.8 Å². The maximum absolute atomic E-state index is 13.6. The molecule has 0 radical (unpaired) electrons. The monoisotopic (exact) mass is 433 g/mol. The number of halogens is 2. The van der Waals surface area contributed by atoms with Gasteiger partial charge >= 0.3 is 6.03 Å². The molecule has 2 N–H and O–H groups in total. The highest BCUT2D eigenvalue weighted by Crippen LogP contribution is 2.32. The van der Waals surface area contributed by atoms with E-state index in [0.29, 0.717) is 11.1 Å². The van der Waals surface area contributed by atoms with Crippen LogP contribution in [-0.4, -0.2) is 29.3 Å². The van der Waals surface area contributed by atoms with Crippen LogP contribution in [0, 0.1) is 11.6 Å². The number of benzene rings is 3. The number of hydrogen-bond donors (Lipinski definition) is 2. The molecule has 160 valence electrons. The molecule has 0 saturated carbocycles. The van der Waals surface area contributed by atoms with E-state index in [-0.39, 0.29) is 24.5 Å². The Morgan fingerprint density at radius 3 is 2.09 bits per heavy atom. The Morgan fingerprint density at radius 2 is 1.47 bits per heavy atom. The summed E-state index contributed by atoms with van der Waals surface area (Å²) in [6.07, 6.45) is 0. The summed E-state index contributed by atoms with van der Waals surface area (Å²) >= 11 is 0. The van der Waals surface area contributed by atoms with Gasteiger partial charge < -0.3 is 10.2 Å². The molecule has 5 rings (SSSR count). The van der Waals surface area contributed by atoms with Crippen molar-refractivity contribution in [2.24, 2.45) is 0 Å². The molecule has 0 bridgehead atoms. The molecule has 6 nitrogen and oxygen atoms in total. The van der Waals surface area contributed by atoms with E-state index < -0.39 is 29.2 Å². The standard InChI is InChI=1S/C24H17F2N3O3/c25-18-8-3-15(4-9-18)14-1-6-17(7-2-14)24(22(31)27-23(32)28-24)13-29-12-16-5-10-19(26)11-20(16)21(29)30/h1-11H,12-13H2,(H2,27,28,31,32)/t24-/m0/s1. The van der Waals surface area contributed by atoms with Crippen molar-refractivity contribution in [3.63, 3.8) is 0 Å². The number of carbonyl (C=O) groups is 3. The summed E-state index contributed by atoms with van der Waals surface area (Å²) in [6.45, 7) is 0.0859. The second-order valence-electron chi connectivity index (χ2n) is 7.86. The molecule has 2 heterocycles. The van der Waals surface area contributed by atoms with E-state index >= 15 is 0 Å². The van der Waals surface area contributed by atoms with E-state index in [1.165, 1.54) is 29.2 Å². The van der Waals surface area contributed by atoms with Gasteiger partial charge in [0, 0.05) is 12.1 Å². The van der Waals surface area contributed by atoms with Gasteiger partial charge in [0.15, 0.2) is 5.54 Å². The second-order valence-corrected chi connectivity index (χ2v) is 7.86. The summed E-state index contributed by atoms with van der Waals surface area (Å²) in [7, 11) is 0. The summed E-state index contributed by atoms with van der Waals surface area (Å²) < 4.78 is 26.8. The number of hydrogen-bond acceptors (Lipinski definition) is 3. The van der Waals surface area contributed by atoms with Crippen molar-refractivity contribution in [1.82, 2.24) is 15.5 Å². The average molecular weight is 433 g/mol. The molecule has 1 atom stereocenters. The topological polar surface area (TPSA) is 78.5 Å². The van der Waals surface area contributed by atoms with Crippen LogP contribution in [0.5, 0.6) is 0 Å². The normalized spacial score (nSPS) is 19.7. The predicted octanol–water partition coefficient (Wildman–Crippen LogP) is 3.32. The predicted molar refractivity (Wildman–Crippen MR) is 111 cm³/mol. The van der Waals surface area contributed by atoms with Crippen molar-refractivity contribution in [2.75, 3.05) is 6.54 Å². The van der Waals surface area contributed by atoms with Gasteiger partial charge in [0.1, 0.15) is 11.6 Å². The highest BCUT2D eigenvalue weighted by molar-refractivity contribution is 6.08. The van der Waals surface area contributed by atoms with Crippen LogP contribution in [-0.2, 0) is 16.9 Å². The largest absolute Gasteiger partial charge is 0.331 e. The maximum atomic E-state index is 13.6. The van der Waals surface area contributed by atoms with Crippen molar-refractivity contribution in [1.29, 1.82) is 0 Å². The Hall–Kier alpha value is -4.07. The van der Waals surface area contributed by atoms with Crippen molar-refractivity contribution >= 4 is 17.8 Å². The highest BCUT2D eigenvalue weighted by atomic mass is 19.1. The Morgan fingerprint density at radius 1 is 0.844 bits per heavy atom. The molecule has 8 heteroatoms. The van der Waals surface area contributed by atoms with Gasteiger partial charge in [-0.2, -0.15) is 0 Å². The van der Waals surface area contributed by atoms with E-state index in [2.05, 4.69) is 10.6 Å². The molecule has 2 aliphatic rings. The Bertz CT molecular complexity index is 1260. The van der Waals surface area contributed by atoms with Crippen LogP contribution in [0.25, 0.3) is 11.1 Å². The number of nitrogens with zero attached hydrogens (tertiary/aromatic N) is 1. The highest BCUT2D eigenvalue weighted by Gasteiger charge is 2.50. The van der Waals surface area contributed by atoms with Gasteiger partial charge in [-0.05, 0) is 46.5 Å². The summed E-state index contributed by atoms with van der Waals surface area (Å²) in [5.41, 5.74) is 1.49. The van der Waals surface area contributed by atoms with Gasteiger partial charge in [-0.25, -0.2) is 13.6 Å². The van der Waals surface area contributed by atoms with E-state index in [4.69, 9.17) is 0 Å². The molecular formula is C24H17F2N3O3. The van der Waals surface area contributed by atoms with Crippen LogP contribution in [0.3, 0.4) is 0 Å². The van der Waals surface area contributed by atoms with Crippen LogP contribution < -0.4 is 10.6 Å². The molecular weight excluding hydrogens is 416 g/mol. The third kappa shape index (κ3) is 3.20. The van der Waals surface area contributed by atoms with Gasteiger partial charge in [-0.15, -0.1) is 0 Å². The molecule has 2 aliphatic heterocycles. The van der Waals surface area contributed by atoms with Crippen molar-refractivity contribution in [3.8, 4) is 11.1 Å². The summed E-state index contributed by atoms with van der Waals surface area (Å²) in [5, 5.41) is 4.92.